The van der Waals surface area contributed by atoms with Crippen molar-refractivity contribution >= 4 is 45.8 Å². The normalized spacial score (nSPS) is 36.1. The Morgan fingerprint density at radius 1 is 1.67 bits per heavy atom. The van der Waals surface area contributed by atoms with Crippen molar-refractivity contribution in [1.82, 2.24) is 5.32 Å². The fraction of sp³-hybridized carbons (Fsp3) is 0.600. The lowest BCUT2D eigenvalue weighted by molar-refractivity contribution is 0.637. The third-order valence-electron chi connectivity index (χ3n) is 1.04. The molecule has 2 unspecified atom stereocenters. The van der Waals surface area contributed by atoms with Crippen LogP contribution in [0.25, 0.3) is 0 Å². The SMILES string of the molecule is ClC1C=C(I)CC(Cl)N1. The van der Waals surface area contributed by atoms with Gasteiger partial charge in [0.2, 0.25) is 0 Å². The molecule has 1 N–H and O–H groups in total. The molecule has 1 nitrogen and oxygen atoms in total. The fourth-order valence-electron chi connectivity index (χ4n) is 0.678. The van der Waals surface area contributed by atoms with Gasteiger partial charge >= 0.3 is 0 Å². The van der Waals surface area contributed by atoms with Gasteiger partial charge in [-0.3, -0.25) is 5.32 Å². The second-order valence-electron chi connectivity index (χ2n) is 1.85. The summed E-state index contributed by atoms with van der Waals surface area (Å²) in [5.41, 5.74) is -0.0856. The molecule has 0 spiro atoms. The van der Waals surface area contributed by atoms with E-state index in [4.69, 9.17) is 23.2 Å². The molecule has 0 aromatic heterocycles. The Balaban J connectivity index is 2.56. The van der Waals surface area contributed by atoms with Crippen LogP contribution in [-0.2, 0) is 0 Å². The first-order valence-corrected chi connectivity index (χ1v) is 4.54. The highest BCUT2D eigenvalue weighted by atomic mass is 127. The Morgan fingerprint density at radius 2 is 2.33 bits per heavy atom. The summed E-state index contributed by atoms with van der Waals surface area (Å²) in [6, 6.07) is 0. The molecule has 0 fully saturated rings. The summed E-state index contributed by atoms with van der Waals surface area (Å²) in [6.07, 6.45) is 2.84. The minimum absolute atomic E-state index is 0.00407. The first kappa shape index (κ1) is 8.11. The van der Waals surface area contributed by atoms with E-state index in [9.17, 15) is 0 Å². The largest absolute Gasteiger partial charge is 0.282 e. The van der Waals surface area contributed by atoms with Crippen molar-refractivity contribution in [1.29, 1.82) is 0 Å². The van der Waals surface area contributed by atoms with Crippen LogP contribution in [0.15, 0.2) is 9.66 Å². The number of halogens is 3. The predicted molar refractivity (Wildman–Crippen MR) is 49.1 cm³/mol. The van der Waals surface area contributed by atoms with E-state index >= 15 is 0 Å². The quantitative estimate of drug-likeness (QED) is 0.407. The number of rotatable bonds is 0. The average molecular weight is 278 g/mol. The summed E-state index contributed by atoms with van der Waals surface area (Å²) in [5, 5.41) is 2.96. The number of hydrogen-bond donors (Lipinski definition) is 1. The smallest absolute Gasteiger partial charge is 0.103 e. The lowest BCUT2D eigenvalue weighted by Crippen LogP contribution is -2.33. The molecular weight excluding hydrogens is 272 g/mol. The average Bonchev–Trinajstić information content (AvgIpc) is 1.59. The monoisotopic (exact) mass is 277 g/mol. The van der Waals surface area contributed by atoms with Crippen LogP contribution in [0.2, 0.25) is 0 Å². The zero-order valence-corrected chi connectivity index (χ0v) is 8.24. The topological polar surface area (TPSA) is 12.0 Å². The van der Waals surface area contributed by atoms with Gasteiger partial charge in [0, 0.05) is 6.42 Å². The molecule has 52 valence electrons. The molecule has 1 aliphatic heterocycles. The molecule has 0 saturated carbocycles. The molecule has 0 aliphatic carbocycles. The van der Waals surface area contributed by atoms with Gasteiger partial charge in [0.25, 0.3) is 0 Å². The summed E-state index contributed by atoms with van der Waals surface area (Å²) in [7, 11) is 0. The highest BCUT2D eigenvalue weighted by molar-refractivity contribution is 14.1. The van der Waals surface area contributed by atoms with Crippen LogP contribution in [-0.4, -0.2) is 11.0 Å². The molecular formula is C5H6Cl2IN. The van der Waals surface area contributed by atoms with E-state index in [-0.39, 0.29) is 11.0 Å². The van der Waals surface area contributed by atoms with Gasteiger partial charge in [-0.2, -0.15) is 0 Å². The Bertz CT molecular complexity index is 137. The van der Waals surface area contributed by atoms with Crippen LogP contribution in [0.1, 0.15) is 6.42 Å². The van der Waals surface area contributed by atoms with Crippen molar-refractivity contribution in [3.8, 4) is 0 Å². The second kappa shape index (κ2) is 3.42. The van der Waals surface area contributed by atoms with Crippen molar-refractivity contribution in [2.75, 3.05) is 0 Å². The Kier molecular flexibility index (Phi) is 3.08. The third-order valence-corrected chi connectivity index (χ3v) is 2.37. The number of alkyl halides is 2. The van der Waals surface area contributed by atoms with E-state index in [0.717, 1.165) is 6.42 Å². The van der Waals surface area contributed by atoms with Gasteiger partial charge in [-0.1, -0.05) is 0 Å². The first-order chi connectivity index (χ1) is 4.18. The number of nitrogens with one attached hydrogen (secondary N) is 1. The highest BCUT2D eigenvalue weighted by Gasteiger charge is 2.15. The van der Waals surface area contributed by atoms with E-state index in [1.807, 2.05) is 6.08 Å². The summed E-state index contributed by atoms with van der Waals surface area (Å²) >= 11 is 13.7. The molecule has 2 atom stereocenters. The van der Waals surface area contributed by atoms with E-state index < -0.39 is 0 Å². The molecule has 0 saturated heterocycles. The van der Waals surface area contributed by atoms with Crippen LogP contribution in [0.4, 0.5) is 0 Å². The van der Waals surface area contributed by atoms with Crippen molar-refractivity contribution in [3.63, 3.8) is 0 Å². The number of hydrogen-bond acceptors (Lipinski definition) is 1. The van der Waals surface area contributed by atoms with Crippen molar-refractivity contribution in [2.24, 2.45) is 0 Å². The molecule has 0 bridgehead atoms. The Morgan fingerprint density at radius 3 is 2.78 bits per heavy atom. The van der Waals surface area contributed by atoms with Crippen LogP contribution < -0.4 is 5.32 Å². The van der Waals surface area contributed by atoms with Gasteiger partial charge < -0.3 is 0 Å². The highest BCUT2D eigenvalue weighted by Crippen LogP contribution is 2.22. The molecule has 1 rings (SSSR count). The predicted octanol–water partition coefficient (Wildman–Crippen LogP) is 2.43. The molecule has 0 radical (unpaired) electrons. The van der Waals surface area contributed by atoms with Crippen molar-refractivity contribution < 1.29 is 0 Å². The minimum atomic E-state index is -0.0897. The lowest BCUT2D eigenvalue weighted by atomic mass is 10.3. The summed E-state index contributed by atoms with van der Waals surface area (Å²) in [5.74, 6) is 0. The maximum atomic E-state index is 5.77. The van der Waals surface area contributed by atoms with Gasteiger partial charge in [0.05, 0.1) is 5.50 Å². The van der Waals surface area contributed by atoms with E-state index in [0.29, 0.717) is 0 Å². The van der Waals surface area contributed by atoms with Crippen LogP contribution in [0, 0.1) is 0 Å². The maximum Gasteiger partial charge on any atom is 0.103 e. The van der Waals surface area contributed by atoms with Crippen LogP contribution in [0.5, 0.6) is 0 Å². The van der Waals surface area contributed by atoms with Gasteiger partial charge in [0.15, 0.2) is 0 Å². The lowest BCUT2D eigenvalue weighted by Gasteiger charge is -2.19. The molecule has 0 aromatic rings. The standard InChI is InChI=1S/C5H6Cl2IN/c6-4-1-3(8)2-5(7)9-4/h1,4-5,9H,2H2. The zero-order chi connectivity index (χ0) is 6.85. The van der Waals surface area contributed by atoms with Gasteiger partial charge in [-0.05, 0) is 32.2 Å². The second-order valence-corrected chi connectivity index (χ2v) is 4.24. The van der Waals surface area contributed by atoms with Crippen molar-refractivity contribution in [2.45, 2.75) is 17.4 Å². The molecule has 0 amide bonds. The van der Waals surface area contributed by atoms with E-state index in [2.05, 4.69) is 27.9 Å². The van der Waals surface area contributed by atoms with Gasteiger partial charge in [-0.15, -0.1) is 23.2 Å². The van der Waals surface area contributed by atoms with Gasteiger partial charge in [0.1, 0.15) is 5.50 Å². The summed E-state index contributed by atoms with van der Waals surface area (Å²) in [4.78, 5) is 0. The minimum Gasteiger partial charge on any atom is -0.282 e. The van der Waals surface area contributed by atoms with E-state index in [1.54, 1.807) is 0 Å². The van der Waals surface area contributed by atoms with Crippen molar-refractivity contribution in [3.05, 3.63) is 9.66 Å². The molecule has 1 heterocycles. The first-order valence-electron chi connectivity index (χ1n) is 2.59. The third kappa shape index (κ3) is 2.62. The fourth-order valence-corrected chi connectivity index (χ4v) is 2.62. The van der Waals surface area contributed by atoms with Crippen LogP contribution in [0.3, 0.4) is 0 Å². The molecule has 0 aromatic carbocycles. The zero-order valence-electron chi connectivity index (χ0n) is 4.57. The molecule has 1 aliphatic rings. The Hall–Kier alpha value is 1.01. The molecule has 4 heteroatoms. The molecule has 9 heavy (non-hydrogen) atoms. The van der Waals surface area contributed by atoms with E-state index in [1.165, 1.54) is 3.58 Å². The summed E-state index contributed by atoms with van der Waals surface area (Å²) < 4.78 is 1.23. The van der Waals surface area contributed by atoms with Gasteiger partial charge in [-0.25, -0.2) is 0 Å². The Labute approximate surface area is 77.9 Å². The maximum absolute atomic E-state index is 5.77. The summed E-state index contributed by atoms with van der Waals surface area (Å²) in [6.45, 7) is 0. The van der Waals surface area contributed by atoms with Crippen LogP contribution >= 0.6 is 45.8 Å².